The zero-order valence-corrected chi connectivity index (χ0v) is 19.5. The molecule has 0 amide bonds. The van der Waals surface area contributed by atoms with Gasteiger partial charge in [0, 0.05) is 41.5 Å². The fraction of sp³-hybridized carbons (Fsp3) is 0.231. The second kappa shape index (κ2) is 9.65. The van der Waals surface area contributed by atoms with Crippen LogP contribution in [0.1, 0.15) is 24.8 Å². The third-order valence-electron chi connectivity index (χ3n) is 5.97. The Hall–Kier alpha value is -3.71. The van der Waals surface area contributed by atoms with Crippen LogP contribution in [0.4, 0.5) is 17.3 Å². The molecule has 5 rings (SSSR count). The molecule has 1 saturated heterocycles. The van der Waals surface area contributed by atoms with Gasteiger partial charge in [0.05, 0.1) is 17.3 Å². The number of benzene rings is 2. The van der Waals surface area contributed by atoms with Crippen molar-refractivity contribution in [1.29, 1.82) is 0 Å². The van der Waals surface area contributed by atoms with Gasteiger partial charge in [0.25, 0.3) is 0 Å². The van der Waals surface area contributed by atoms with Crippen LogP contribution in [0.3, 0.4) is 0 Å². The van der Waals surface area contributed by atoms with Crippen LogP contribution >= 0.6 is 11.6 Å². The number of rotatable bonds is 7. The lowest BCUT2D eigenvalue weighted by Crippen LogP contribution is -2.29. The minimum Gasteiger partial charge on any atom is -0.371 e. The van der Waals surface area contributed by atoms with E-state index in [9.17, 15) is 4.79 Å². The quantitative estimate of drug-likeness (QED) is 0.335. The van der Waals surface area contributed by atoms with Crippen LogP contribution < -0.4 is 10.2 Å². The molecule has 0 unspecified atom stereocenters. The Labute approximate surface area is 202 Å². The fourth-order valence-corrected chi connectivity index (χ4v) is 4.59. The smallest absolute Gasteiger partial charge is 0.229 e. The molecule has 7 nitrogen and oxygen atoms in total. The van der Waals surface area contributed by atoms with Crippen molar-refractivity contribution in [2.75, 3.05) is 23.3 Å². The lowest BCUT2D eigenvalue weighted by atomic mass is 10.0. The maximum Gasteiger partial charge on any atom is 0.229 e. The van der Waals surface area contributed by atoms with Crippen LogP contribution in [0.5, 0.6) is 0 Å². The minimum atomic E-state index is -0.0692. The summed E-state index contributed by atoms with van der Waals surface area (Å²) in [5.74, 6) is 0.381. The summed E-state index contributed by atoms with van der Waals surface area (Å²) < 4.78 is 0. The molecule has 0 atom stereocenters. The first-order valence-corrected chi connectivity index (χ1v) is 11.7. The van der Waals surface area contributed by atoms with Gasteiger partial charge in [-0.05, 0) is 67.3 Å². The molecule has 2 aromatic carbocycles. The summed E-state index contributed by atoms with van der Waals surface area (Å²) in [6.07, 6.45) is 6.98. The Bertz CT molecular complexity index is 1360. The fourth-order valence-electron chi connectivity index (χ4n) is 4.33. The number of piperidine rings is 1. The number of carbonyl (C=O) groups is 1. The van der Waals surface area contributed by atoms with Gasteiger partial charge in [-0.3, -0.25) is 9.89 Å². The van der Waals surface area contributed by atoms with E-state index in [1.807, 2.05) is 24.3 Å². The molecule has 8 heteroatoms. The van der Waals surface area contributed by atoms with Crippen LogP contribution in [-0.2, 0) is 11.2 Å². The number of fused-ring (bicyclic) bond motifs is 1. The largest absolute Gasteiger partial charge is 0.371 e. The van der Waals surface area contributed by atoms with E-state index in [0.717, 1.165) is 35.3 Å². The molecule has 172 valence electrons. The van der Waals surface area contributed by atoms with Crippen LogP contribution in [0.25, 0.3) is 22.3 Å². The van der Waals surface area contributed by atoms with Gasteiger partial charge < -0.3 is 10.2 Å². The van der Waals surface area contributed by atoms with E-state index < -0.39 is 0 Å². The van der Waals surface area contributed by atoms with Gasteiger partial charge in [0.15, 0.2) is 11.4 Å². The van der Waals surface area contributed by atoms with Crippen molar-refractivity contribution < 1.29 is 4.79 Å². The Morgan fingerprint density at radius 2 is 2.00 bits per heavy atom. The van der Waals surface area contributed by atoms with Gasteiger partial charge in [-0.15, -0.1) is 0 Å². The summed E-state index contributed by atoms with van der Waals surface area (Å²) in [4.78, 5) is 23.7. The highest BCUT2D eigenvalue weighted by molar-refractivity contribution is 6.31. The Kier molecular flexibility index (Phi) is 6.27. The van der Waals surface area contributed by atoms with Gasteiger partial charge >= 0.3 is 0 Å². The zero-order chi connectivity index (χ0) is 23.5. The van der Waals surface area contributed by atoms with Crippen molar-refractivity contribution in [2.45, 2.75) is 25.7 Å². The number of anilines is 3. The average Bonchev–Trinajstić information content (AvgIpc) is 3.32. The number of hydrogen-bond acceptors (Lipinski definition) is 6. The highest BCUT2D eigenvalue weighted by atomic mass is 35.5. The van der Waals surface area contributed by atoms with Crippen molar-refractivity contribution in [3.8, 4) is 11.3 Å². The highest BCUT2D eigenvalue weighted by Gasteiger charge is 2.15. The number of nitrogens with one attached hydrogen (secondary N) is 2. The monoisotopic (exact) mass is 472 g/mol. The number of H-pyrrole nitrogens is 1. The number of halogens is 1. The predicted molar refractivity (Wildman–Crippen MR) is 137 cm³/mol. The van der Waals surface area contributed by atoms with E-state index in [2.05, 4.69) is 44.1 Å². The van der Waals surface area contributed by atoms with Crippen molar-refractivity contribution in [2.24, 2.45) is 0 Å². The number of nitrogens with zero attached hydrogens (tertiary/aromatic N) is 4. The normalized spacial score (nSPS) is 13.7. The van der Waals surface area contributed by atoms with E-state index in [4.69, 9.17) is 16.6 Å². The molecule has 34 heavy (non-hydrogen) atoms. The van der Waals surface area contributed by atoms with Crippen LogP contribution in [0.15, 0.2) is 61.3 Å². The Balaban J connectivity index is 1.50. The summed E-state index contributed by atoms with van der Waals surface area (Å²) in [5, 5.41) is 11.7. The van der Waals surface area contributed by atoms with Gasteiger partial charge in [-0.1, -0.05) is 24.2 Å². The zero-order valence-electron chi connectivity index (χ0n) is 18.7. The molecule has 0 saturated carbocycles. The van der Waals surface area contributed by atoms with Gasteiger partial charge in [0.2, 0.25) is 5.95 Å². The van der Waals surface area contributed by atoms with Crippen LogP contribution in [-0.4, -0.2) is 39.0 Å². The predicted octanol–water partition coefficient (Wildman–Crippen LogP) is 5.70. The van der Waals surface area contributed by atoms with Crippen molar-refractivity contribution >= 4 is 45.7 Å². The highest BCUT2D eigenvalue weighted by Crippen LogP contribution is 2.31. The molecule has 0 radical (unpaired) electrons. The molecule has 1 fully saturated rings. The van der Waals surface area contributed by atoms with Crippen molar-refractivity contribution in [3.63, 3.8) is 0 Å². The molecule has 1 aliphatic rings. The van der Waals surface area contributed by atoms with E-state index in [0.29, 0.717) is 22.3 Å². The van der Waals surface area contributed by atoms with E-state index in [-0.39, 0.29) is 12.2 Å². The van der Waals surface area contributed by atoms with Gasteiger partial charge in [-0.2, -0.15) is 10.1 Å². The molecule has 0 spiro atoms. The molecule has 1 aliphatic heterocycles. The lowest BCUT2D eigenvalue weighted by Gasteiger charge is -2.29. The molecule has 2 N–H and O–H groups in total. The Morgan fingerprint density at radius 3 is 2.82 bits per heavy atom. The molecule has 2 aromatic heterocycles. The number of ketones is 1. The third kappa shape index (κ3) is 4.79. The van der Waals surface area contributed by atoms with Crippen molar-refractivity contribution in [3.05, 3.63) is 71.9 Å². The SMILES string of the molecule is C=CC(=O)Cc1cc(Cl)cc(-c2nc(Nc3cccc(N4CCCCC4)c3)nc3[nH]ncc23)c1. The molecule has 3 heterocycles. The van der Waals surface area contributed by atoms with E-state index >= 15 is 0 Å². The molecule has 0 bridgehead atoms. The first-order chi connectivity index (χ1) is 16.6. The van der Waals surface area contributed by atoms with Gasteiger partial charge in [-0.25, -0.2) is 4.98 Å². The number of aromatic nitrogens is 4. The number of aromatic amines is 1. The first kappa shape index (κ1) is 22.1. The van der Waals surface area contributed by atoms with Crippen LogP contribution in [0, 0.1) is 0 Å². The molecular formula is C26H25ClN6O. The van der Waals surface area contributed by atoms with E-state index in [1.165, 1.54) is 31.0 Å². The summed E-state index contributed by atoms with van der Waals surface area (Å²) in [6, 6.07) is 13.9. The minimum absolute atomic E-state index is 0.0692. The topological polar surface area (TPSA) is 86.8 Å². The second-order valence-corrected chi connectivity index (χ2v) is 8.88. The number of hydrogen-bond donors (Lipinski definition) is 2. The molecule has 4 aromatic rings. The summed E-state index contributed by atoms with van der Waals surface area (Å²) in [6.45, 7) is 5.71. The summed E-state index contributed by atoms with van der Waals surface area (Å²) in [7, 11) is 0. The molecular weight excluding hydrogens is 448 g/mol. The third-order valence-corrected chi connectivity index (χ3v) is 6.19. The van der Waals surface area contributed by atoms with Crippen molar-refractivity contribution in [1.82, 2.24) is 20.2 Å². The summed E-state index contributed by atoms with van der Waals surface area (Å²) in [5.41, 5.74) is 4.99. The van der Waals surface area contributed by atoms with Crippen LogP contribution in [0.2, 0.25) is 5.02 Å². The first-order valence-electron chi connectivity index (χ1n) is 11.4. The second-order valence-electron chi connectivity index (χ2n) is 8.45. The Morgan fingerprint density at radius 1 is 1.15 bits per heavy atom. The van der Waals surface area contributed by atoms with E-state index in [1.54, 1.807) is 12.3 Å². The number of carbonyl (C=O) groups excluding carboxylic acids is 1. The summed E-state index contributed by atoms with van der Waals surface area (Å²) >= 11 is 6.39. The average molecular weight is 473 g/mol. The lowest BCUT2D eigenvalue weighted by molar-refractivity contribution is -0.114. The number of allylic oxidation sites excluding steroid dienone is 1. The molecule has 0 aliphatic carbocycles. The maximum absolute atomic E-state index is 11.9. The maximum atomic E-state index is 11.9. The van der Waals surface area contributed by atoms with Gasteiger partial charge in [0.1, 0.15) is 0 Å². The standard InChI is InChI=1S/C26H25ClN6O/c1-2-22(34)13-17-11-18(14-19(27)12-17)24-23-16-28-32-25(23)31-26(30-24)29-20-7-6-8-21(15-20)33-9-4-3-5-10-33/h2,6-8,11-12,14-16H,1,3-5,9-10,13H2,(H2,28,29,30,31,32).